The fraction of sp³-hybridized carbons (Fsp3) is 0.261. The number of methoxy groups -OCH3 is 1. The van der Waals surface area contributed by atoms with Gasteiger partial charge in [-0.05, 0) is 30.3 Å². The monoisotopic (exact) mass is 407 g/mol. The number of benzene rings is 2. The highest BCUT2D eigenvalue weighted by atomic mass is 16.5. The Bertz CT molecular complexity index is 1230. The lowest BCUT2D eigenvalue weighted by Crippen LogP contribution is -2.35. The van der Waals surface area contributed by atoms with E-state index in [1.54, 1.807) is 37.4 Å². The number of phenols is 1. The summed E-state index contributed by atoms with van der Waals surface area (Å²) in [5.41, 5.74) is 2.66. The Hall–Kier alpha value is -3.29. The third kappa shape index (κ3) is 3.12. The van der Waals surface area contributed by atoms with E-state index in [0.717, 1.165) is 13.1 Å². The van der Waals surface area contributed by atoms with Crippen LogP contribution in [0, 0.1) is 0 Å². The van der Waals surface area contributed by atoms with E-state index in [1.807, 2.05) is 0 Å². The van der Waals surface area contributed by atoms with Gasteiger partial charge in [-0.3, -0.25) is 9.69 Å². The van der Waals surface area contributed by atoms with E-state index < -0.39 is 0 Å². The number of ether oxygens (including phenoxy) is 2. The Morgan fingerprint density at radius 1 is 1.07 bits per heavy atom. The Morgan fingerprint density at radius 3 is 2.60 bits per heavy atom. The molecule has 1 fully saturated rings. The molecule has 3 heterocycles. The van der Waals surface area contributed by atoms with E-state index in [9.17, 15) is 9.90 Å². The van der Waals surface area contributed by atoms with E-state index >= 15 is 0 Å². The lowest BCUT2D eigenvalue weighted by Gasteiger charge is -2.27. The predicted octanol–water partition coefficient (Wildman–Crippen LogP) is 3.96. The molecule has 1 aliphatic rings. The van der Waals surface area contributed by atoms with Gasteiger partial charge >= 0.3 is 0 Å². The Balaban J connectivity index is 1.61. The van der Waals surface area contributed by atoms with E-state index in [1.165, 1.54) is 12.5 Å². The molecule has 7 nitrogen and oxygen atoms in total. The third-order valence-electron chi connectivity index (χ3n) is 5.58. The van der Waals surface area contributed by atoms with Gasteiger partial charge in [-0.15, -0.1) is 0 Å². The molecule has 1 aliphatic heterocycles. The summed E-state index contributed by atoms with van der Waals surface area (Å²) in [5, 5.41) is 11.9. The van der Waals surface area contributed by atoms with Gasteiger partial charge in [-0.25, -0.2) is 0 Å². The third-order valence-corrected chi connectivity index (χ3v) is 5.58. The second-order valence-electron chi connectivity index (χ2n) is 7.31. The summed E-state index contributed by atoms with van der Waals surface area (Å²) < 4.78 is 22.0. The summed E-state index contributed by atoms with van der Waals surface area (Å²) in [6, 6.07) is 8.62. The van der Waals surface area contributed by atoms with Crippen LogP contribution in [-0.4, -0.2) is 49.2 Å². The van der Waals surface area contributed by atoms with Crippen molar-refractivity contribution in [1.82, 2.24) is 4.90 Å². The Labute approximate surface area is 172 Å². The van der Waals surface area contributed by atoms with Gasteiger partial charge in [0.2, 0.25) is 5.78 Å². The number of rotatable bonds is 5. The number of hydrogen-bond donors (Lipinski definition) is 1. The molecule has 154 valence electrons. The second-order valence-corrected chi connectivity index (χ2v) is 7.31. The van der Waals surface area contributed by atoms with Gasteiger partial charge in [0.15, 0.2) is 0 Å². The van der Waals surface area contributed by atoms with Crippen molar-refractivity contribution >= 4 is 27.7 Å². The summed E-state index contributed by atoms with van der Waals surface area (Å²) in [6.07, 6.45) is 2.91. The highest BCUT2D eigenvalue weighted by Crippen LogP contribution is 2.35. The van der Waals surface area contributed by atoms with Crippen molar-refractivity contribution in [3.05, 3.63) is 59.5 Å². The zero-order valence-electron chi connectivity index (χ0n) is 16.5. The quantitative estimate of drug-likeness (QED) is 0.501. The van der Waals surface area contributed by atoms with Crippen LogP contribution < -0.4 is 4.74 Å². The average Bonchev–Trinajstić information content (AvgIpc) is 3.40. The topological polar surface area (TPSA) is 85.3 Å². The molecule has 2 aromatic heterocycles. The zero-order chi connectivity index (χ0) is 20.7. The molecule has 0 amide bonds. The number of fused-ring (bicyclic) bond motifs is 2. The van der Waals surface area contributed by atoms with E-state index in [2.05, 4.69) is 4.90 Å². The summed E-state index contributed by atoms with van der Waals surface area (Å²) in [4.78, 5) is 15.7. The van der Waals surface area contributed by atoms with Crippen LogP contribution in [0.5, 0.6) is 11.5 Å². The molecular formula is C23H21NO6. The van der Waals surface area contributed by atoms with Crippen LogP contribution in [0.3, 0.4) is 0 Å². The van der Waals surface area contributed by atoms with Crippen molar-refractivity contribution in [3.8, 4) is 11.5 Å². The van der Waals surface area contributed by atoms with Crippen molar-refractivity contribution in [2.24, 2.45) is 0 Å². The van der Waals surface area contributed by atoms with Crippen LogP contribution in [0.15, 0.2) is 51.7 Å². The number of aromatic hydroxyl groups is 1. The minimum atomic E-state index is -0.227. The van der Waals surface area contributed by atoms with Crippen LogP contribution >= 0.6 is 0 Å². The SMILES string of the molecule is COc1ccc2occ(C(=O)c3coc4ccc(O)c(CN5CCOCC5)c34)c2c1. The van der Waals surface area contributed by atoms with Crippen molar-refractivity contribution in [3.63, 3.8) is 0 Å². The first kappa shape index (κ1) is 18.7. The molecule has 5 rings (SSSR count). The fourth-order valence-electron chi connectivity index (χ4n) is 3.96. The second kappa shape index (κ2) is 7.51. The largest absolute Gasteiger partial charge is 0.508 e. The van der Waals surface area contributed by atoms with Crippen molar-refractivity contribution in [2.75, 3.05) is 33.4 Å². The van der Waals surface area contributed by atoms with Crippen LogP contribution in [0.25, 0.3) is 21.9 Å². The van der Waals surface area contributed by atoms with Crippen LogP contribution in [0.2, 0.25) is 0 Å². The highest BCUT2D eigenvalue weighted by Gasteiger charge is 2.25. The molecule has 4 aromatic rings. The summed E-state index contributed by atoms with van der Waals surface area (Å²) in [7, 11) is 1.58. The predicted molar refractivity (Wildman–Crippen MR) is 110 cm³/mol. The number of ketones is 1. The molecule has 7 heteroatoms. The first-order valence-electron chi connectivity index (χ1n) is 9.78. The van der Waals surface area contributed by atoms with Gasteiger partial charge in [0, 0.05) is 36.0 Å². The molecule has 1 N–H and O–H groups in total. The average molecular weight is 407 g/mol. The maximum atomic E-state index is 13.5. The molecule has 0 radical (unpaired) electrons. The molecule has 0 bridgehead atoms. The van der Waals surface area contributed by atoms with Crippen LogP contribution in [-0.2, 0) is 11.3 Å². The van der Waals surface area contributed by atoms with Gasteiger partial charge in [0.05, 0.1) is 31.5 Å². The first-order chi connectivity index (χ1) is 14.7. The molecular weight excluding hydrogens is 386 g/mol. The van der Waals surface area contributed by atoms with Gasteiger partial charge in [-0.1, -0.05) is 0 Å². The number of phenolic OH excluding ortho intramolecular Hbond substituents is 1. The van der Waals surface area contributed by atoms with Gasteiger partial charge in [-0.2, -0.15) is 0 Å². The number of carbonyl (C=O) groups excluding carboxylic acids is 1. The number of furan rings is 2. The lowest BCUT2D eigenvalue weighted by molar-refractivity contribution is 0.0340. The maximum Gasteiger partial charge on any atom is 0.200 e. The van der Waals surface area contributed by atoms with Gasteiger partial charge in [0.25, 0.3) is 0 Å². The Kier molecular flexibility index (Phi) is 4.69. The number of carbonyl (C=O) groups is 1. The normalized spacial score (nSPS) is 15.1. The number of hydrogen-bond acceptors (Lipinski definition) is 7. The maximum absolute atomic E-state index is 13.5. The van der Waals surface area contributed by atoms with Gasteiger partial charge in [0.1, 0.15) is 35.2 Å². The van der Waals surface area contributed by atoms with E-state index in [0.29, 0.717) is 64.1 Å². The van der Waals surface area contributed by atoms with Crippen LogP contribution in [0.1, 0.15) is 21.5 Å². The molecule has 1 saturated heterocycles. The molecule has 2 aromatic carbocycles. The standard InChI is InChI=1S/C23H21NO6/c1-27-14-2-4-20-15(10-14)17(12-29-20)23(26)18-13-30-21-5-3-19(25)16(22(18)21)11-24-6-8-28-9-7-24/h2-5,10,12-13,25H,6-9,11H2,1H3. The van der Waals surface area contributed by atoms with Crippen LogP contribution in [0.4, 0.5) is 0 Å². The summed E-state index contributed by atoms with van der Waals surface area (Å²) in [5.74, 6) is 0.554. The van der Waals surface area contributed by atoms with E-state index in [-0.39, 0.29) is 11.5 Å². The zero-order valence-corrected chi connectivity index (χ0v) is 16.5. The molecule has 0 atom stereocenters. The van der Waals surface area contributed by atoms with E-state index in [4.69, 9.17) is 18.3 Å². The van der Waals surface area contributed by atoms with Crippen molar-refractivity contribution in [2.45, 2.75) is 6.54 Å². The number of morpholine rings is 1. The number of nitrogens with zero attached hydrogens (tertiary/aromatic N) is 1. The Morgan fingerprint density at radius 2 is 1.80 bits per heavy atom. The molecule has 30 heavy (non-hydrogen) atoms. The molecule has 0 unspecified atom stereocenters. The minimum Gasteiger partial charge on any atom is -0.508 e. The highest BCUT2D eigenvalue weighted by molar-refractivity contribution is 6.21. The first-order valence-corrected chi connectivity index (χ1v) is 9.78. The van der Waals surface area contributed by atoms with Gasteiger partial charge < -0.3 is 23.4 Å². The van der Waals surface area contributed by atoms with Crippen molar-refractivity contribution in [1.29, 1.82) is 0 Å². The minimum absolute atomic E-state index is 0.142. The molecule has 0 saturated carbocycles. The summed E-state index contributed by atoms with van der Waals surface area (Å²) >= 11 is 0. The fourth-order valence-corrected chi connectivity index (χ4v) is 3.96. The smallest absolute Gasteiger partial charge is 0.200 e. The lowest BCUT2D eigenvalue weighted by atomic mass is 9.98. The molecule has 0 spiro atoms. The summed E-state index contributed by atoms with van der Waals surface area (Å²) in [6.45, 7) is 3.34. The van der Waals surface area contributed by atoms with Crippen molar-refractivity contribution < 1.29 is 28.2 Å². The molecule has 0 aliphatic carbocycles.